The fourth-order valence-corrected chi connectivity index (χ4v) is 5.51. The molecule has 0 bridgehead atoms. The van der Waals surface area contributed by atoms with Gasteiger partial charge in [-0.25, -0.2) is 12.8 Å². The van der Waals surface area contributed by atoms with Gasteiger partial charge in [0.05, 0.1) is 5.25 Å². The van der Waals surface area contributed by atoms with Crippen LogP contribution in [0.4, 0.5) is 4.39 Å². The predicted octanol–water partition coefficient (Wildman–Crippen LogP) is 3.15. The molecule has 5 nitrogen and oxygen atoms in total. The van der Waals surface area contributed by atoms with Gasteiger partial charge >= 0.3 is 0 Å². The van der Waals surface area contributed by atoms with Gasteiger partial charge in [-0.3, -0.25) is 4.79 Å². The lowest BCUT2D eigenvalue weighted by Crippen LogP contribution is -2.52. The zero-order chi connectivity index (χ0) is 20.3. The zero-order valence-electron chi connectivity index (χ0n) is 15.8. The molecular formula is C20H23FN2O3S2. The Balaban J connectivity index is 1.60. The first-order valence-electron chi connectivity index (χ1n) is 9.06. The Bertz CT molecular complexity index is 940. The number of amides is 1. The third-order valence-corrected chi connectivity index (χ3v) is 7.72. The highest BCUT2D eigenvalue weighted by Gasteiger charge is 2.32. The molecule has 2 aromatic rings. The second-order valence-corrected chi connectivity index (χ2v) is 10.1. The summed E-state index contributed by atoms with van der Waals surface area (Å²) in [6.07, 6.45) is 0. The van der Waals surface area contributed by atoms with Gasteiger partial charge in [-0.05, 0) is 38.1 Å². The number of carbonyl (C=O) groups is 1. The molecule has 1 aliphatic heterocycles. The quantitative estimate of drug-likeness (QED) is 0.695. The Morgan fingerprint density at radius 2 is 1.64 bits per heavy atom. The number of piperazine rings is 1. The SMILES string of the molecule is Cc1ccc(SC(C)C(=O)N2CCN(S(=O)(=O)c3ccccc3F)CC2)cc1. The van der Waals surface area contributed by atoms with E-state index in [0.717, 1.165) is 16.5 Å². The molecular weight excluding hydrogens is 399 g/mol. The largest absolute Gasteiger partial charge is 0.339 e. The van der Waals surface area contributed by atoms with Gasteiger partial charge in [0.1, 0.15) is 10.7 Å². The van der Waals surface area contributed by atoms with E-state index in [9.17, 15) is 17.6 Å². The Morgan fingerprint density at radius 3 is 2.25 bits per heavy atom. The van der Waals surface area contributed by atoms with Crippen LogP contribution in [0.25, 0.3) is 0 Å². The Morgan fingerprint density at radius 1 is 1.04 bits per heavy atom. The van der Waals surface area contributed by atoms with Crippen LogP contribution in [0.5, 0.6) is 0 Å². The molecule has 28 heavy (non-hydrogen) atoms. The van der Waals surface area contributed by atoms with Crippen LogP contribution in [0, 0.1) is 12.7 Å². The summed E-state index contributed by atoms with van der Waals surface area (Å²) in [5.74, 6) is -0.780. The maximum Gasteiger partial charge on any atom is 0.246 e. The van der Waals surface area contributed by atoms with Crippen LogP contribution in [-0.2, 0) is 14.8 Å². The number of rotatable bonds is 5. The van der Waals surface area contributed by atoms with E-state index in [2.05, 4.69) is 0 Å². The number of hydrogen-bond donors (Lipinski definition) is 0. The lowest BCUT2D eigenvalue weighted by atomic mass is 10.2. The minimum absolute atomic E-state index is 0.0199. The number of carbonyl (C=O) groups excluding carboxylic acids is 1. The van der Waals surface area contributed by atoms with Crippen molar-refractivity contribution < 1.29 is 17.6 Å². The van der Waals surface area contributed by atoms with E-state index in [-0.39, 0.29) is 29.1 Å². The standard InChI is InChI=1S/C20H23FN2O3S2/c1-15-7-9-17(10-8-15)27-16(2)20(24)22-11-13-23(14-12-22)28(25,26)19-6-4-3-5-18(19)21/h3-10,16H,11-14H2,1-2H3. The first-order valence-corrected chi connectivity index (χ1v) is 11.4. The smallest absolute Gasteiger partial charge is 0.246 e. The molecule has 1 aliphatic rings. The third kappa shape index (κ3) is 4.56. The fourth-order valence-electron chi connectivity index (χ4n) is 3.07. The van der Waals surface area contributed by atoms with E-state index in [4.69, 9.17) is 0 Å². The normalized spacial score (nSPS) is 16.8. The molecule has 8 heteroatoms. The summed E-state index contributed by atoms with van der Waals surface area (Å²) < 4.78 is 40.5. The first-order chi connectivity index (χ1) is 13.3. The number of nitrogens with zero attached hydrogens (tertiary/aromatic N) is 2. The molecule has 3 rings (SSSR count). The van der Waals surface area contributed by atoms with E-state index >= 15 is 0 Å². The lowest BCUT2D eigenvalue weighted by Gasteiger charge is -2.35. The van der Waals surface area contributed by atoms with Crippen molar-refractivity contribution >= 4 is 27.7 Å². The van der Waals surface area contributed by atoms with Gasteiger partial charge < -0.3 is 4.90 Å². The molecule has 0 aromatic heterocycles. The highest BCUT2D eigenvalue weighted by atomic mass is 32.2. The van der Waals surface area contributed by atoms with Gasteiger partial charge in [0.15, 0.2) is 0 Å². The molecule has 2 aromatic carbocycles. The monoisotopic (exact) mass is 422 g/mol. The van der Waals surface area contributed by atoms with Gasteiger partial charge in [-0.2, -0.15) is 4.31 Å². The summed E-state index contributed by atoms with van der Waals surface area (Å²) >= 11 is 1.49. The number of sulfonamides is 1. The van der Waals surface area contributed by atoms with Crippen molar-refractivity contribution in [2.75, 3.05) is 26.2 Å². The third-order valence-electron chi connectivity index (χ3n) is 4.69. The number of halogens is 1. The van der Waals surface area contributed by atoms with Gasteiger partial charge in [-0.15, -0.1) is 11.8 Å². The summed E-state index contributed by atoms with van der Waals surface area (Å²) in [5.41, 5.74) is 1.16. The molecule has 1 unspecified atom stereocenters. The highest BCUT2D eigenvalue weighted by Crippen LogP contribution is 2.26. The van der Waals surface area contributed by atoms with Crippen LogP contribution in [0.3, 0.4) is 0 Å². The second kappa shape index (κ2) is 8.63. The van der Waals surface area contributed by atoms with Crippen LogP contribution in [-0.4, -0.2) is 55.0 Å². The summed E-state index contributed by atoms with van der Waals surface area (Å²) in [7, 11) is -3.90. The molecule has 0 saturated carbocycles. The molecule has 150 valence electrons. The number of hydrogen-bond acceptors (Lipinski definition) is 4. The van der Waals surface area contributed by atoms with Crippen LogP contribution in [0.15, 0.2) is 58.3 Å². The Kier molecular flexibility index (Phi) is 6.42. The van der Waals surface area contributed by atoms with Gasteiger partial charge in [0.2, 0.25) is 15.9 Å². The van der Waals surface area contributed by atoms with Crippen LogP contribution >= 0.6 is 11.8 Å². The van der Waals surface area contributed by atoms with E-state index in [1.54, 1.807) is 4.90 Å². The summed E-state index contributed by atoms with van der Waals surface area (Å²) in [6, 6.07) is 13.3. The van der Waals surface area contributed by atoms with E-state index in [1.807, 2.05) is 38.1 Å². The Hall–Kier alpha value is -1.90. The minimum atomic E-state index is -3.90. The van der Waals surface area contributed by atoms with Crippen molar-refractivity contribution in [3.05, 3.63) is 59.9 Å². The molecule has 1 atom stereocenters. The summed E-state index contributed by atoms with van der Waals surface area (Å²) in [5, 5.41) is -0.266. The molecule has 0 spiro atoms. The second-order valence-electron chi connectivity index (χ2n) is 6.73. The van der Waals surface area contributed by atoms with Crippen molar-refractivity contribution in [3.63, 3.8) is 0 Å². The maximum absolute atomic E-state index is 13.9. The first kappa shape index (κ1) is 20.8. The molecule has 1 fully saturated rings. The van der Waals surface area contributed by atoms with Crippen LogP contribution in [0.1, 0.15) is 12.5 Å². The van der Waals surface area contributed by atoms with Crippen molar-refractivity contribution in [3.8, 4) is 0 Å². The minimum Gasteiger partial charge on any atom is -0.339 e. The lowest BCUT2D eigenvalue weighted by molar-refractivity contribution is -0.131. The average molecular weight is 423 g/mol. The molecule has 0 N–H and O–H groups in total. The number of benzene rings is 2. The van der Waals surface area contributed by atoms with Gasteiger partial charge in [0.25, 0.3) is 0 Å². The number of aryl methyl sites for hydroxylation is 1. The van der Waals surface area contributed by atoms with E-state index < -0.39 is 15.8 Å². The Labute approximate surface area is 169 Å². The van der Waals surface area contributed by atoms with Crippen molar-refractivity contribution in [2.45, 2.75) is 28.9 Å². The summed E-state index contributed by atoms with van der Waals surface area (Å²) in [6.45, 7) is 4.78. The van der Waals surface area contributed by atoms with E-state index in [0.29, 0.717) is 13.1 Å². The van der Waals surface area contributed by atoms with Crippen LogP contribution in [0.2, 0.25) is 0 Å². The van der Waals surface area contributed by atoms with Crippen molar-refractivity contribution in [1.82, 2.24) is 9.21 Å². The van der Waals surface area contributed by atoms with Crippen LogP contribution < -0.4 is 0 Å². The predicted molar refractivity (Wildman–Crippen MR) is 108 cm³/mol. The van der Waals surface area contributed by atoms with Gasteiger partial charge in [-0.1, -0.05) is 29.8 Å². The molecule has 1 saturated heterocycles. The fraction of sp³-hybridized carbons (Fsp3) is 0.350. The van der Waals surface area contributed by atoms with Crippen molar-refractivity contribution in [2.24, 2.45) is 0 Å². The van der Waals surface area contributed by atoms with Crippen molar-refractivity contribution in [1.29, 1.82) is 0 Å². The topological polar surface area (TPSA) is 57.7 Å². The zero-order valence-corrected chi connectivity index (χ0v) is 17.5. The molecule has 1 amide bonds. The maximum atomic E-state index is 13.9. The van der Waals surface area contributed by atoms with E-state index in [1.165, 1.54) is 34.3 Å². The highest BCUT2D eigenvalue weighted by molar-refractivity contribution is 8.00. The number of thioether (sulfide) groups is 1. The molecule has 0 aliphatic carbocycles. The molecule has 1 heterocycles. The average Bonchev–Trinajstić information content (AvgIpc) is 2.69. The van der Waals surface area contributed by atoms with Gasteiger partial charge in [0, 0.05) is 31.1 Å². The summed E-state index contributed by atoms with van der Waals surface area (Å²) in [4.78, 5) is 15.1. The molecule has 0 radical (unpaired) electrons.